The zero-order chi connectivity index (χ0) is 19.9. The van der Waals surface area contributed by atoms with Crippen LogP contribution in [-0.4, -0.2) is 35.1 Å². The van der Waals surface area contributed by atoms with Gasteiger partial charge in [0.1, 0.15) is 5.69 Å². The van der Waals surface area contributed by atoms with Gasteiger partial charge in [-0.2, -0.15) is 5.10 Å². The molecule has 6 aromatic rings. The fourth-order valence-electron chi connectivity index (χ4n) is 3.74. The van der Waals surface area contributed by atoms with E-state index in [9.17, 15) is 0 Å². The van der Waals surface area contributed by atoms with Crippen LogP contribution in [0.25, 0.3) is 55.6 Å². The molecule has 142 valence electrons. The summed E-state index contributed by atoms with van der Waals surface area (Å²) >= 11 is 0. The van der Waals surface area contributed by atoms with Crippen LogP contribution in [0.3, 0.4) is 0 Å². The van der Waals surface area contributed by atoms with E-state index >= 15 is 0 Å². The summed E-state index contributed by atoms with van der Waals surface area (Å²) in [5, 5.41) is 9.60. The first-order valence-electron chi connectivity index (χ1n) is 9.49. The highest BCUT2D eigenvalue weighted by Gasteiger charge is 2.15. The Labute approximate surface area is 170 Å². The van der Waals surface area contributed by atoms with Crippen molar-refractivity contribution in [2.24, 2.45) is 0 Å². The highest BCUT2D eigenvalue weighted by Crippen LogP contribution is 2.33. The van der Waals surface area contributed by atoms with Crippen molar-refractivity contribution in [2.45, 2.75) is 0 Å². The first-order chi connectivity index (χ1) is 14.9. The molecule has 0 saturated heterocycles. The van der Waals surface area contributed by atoms with Crippen LogP contribution in [0.15, 0.2) is 79.8 Å². The van der Waals surface area contributed by atoms with E-state index in [1.807, 2.05) is 49.1 Å². The van der Waals surface area contributed by atoms with Crippen molar-refractivity contribution >= 4 is 21.9 Å². The van der Waals surface area contributed by atoms with E-state index in [-0.39, 0.29) is 0 Å². The molecule has 6 rings (SSSR count). The Morgan fingerprint density at radius 3 is 2.50 bits per heavy atom. The quantitative estimate of drug-likeness (QED) is 0.460. The van der Waals surface area contributed by atoms with Gasteiger partial charge in [0.15, 0.2) is 5.65 Å². The van der Waals surface area contributed by atoms with Crippen LogP contribution in [0, 0.1) is 0 Å². The number of fused-ring (bicyclic) bond motifs is 2. The average Bonchev–Trinajstić information content (AvgIpc) is 3.43. The zero-order valence-corrected chi connectivity index (χ0v) is 15.7. The second kappa shape index (κ2) is 6.59. The molecule has 30 heavy (non-hydrogen) atoms. The number of H-pyrrole nitrogens is 2. The van der Waals surface area contributed by atoms with Crippen LogP contribution >= 0.6 is 0 Å². The van der Waals surface area contributed by atoms with Crippen molar-refractivity contribution in [1.82, 2.24) is 35.1 Å². The maximum absolute atomic E-state index is 4.54. The minimum Gasteiger partial charge on any atom is -0.352 e. The van der Waals surface area contributed by atoms with Gasteiger partial charge in [0.2, 0.25) is 0 Å². The van der Waals surface area contributed by atoms with Crippen LogP contribution < -0.4 is 0 Å². The van der Waals surface area contributed by atoms with E-state index in [4.69, 9.17) is 0 Å². The molecule has 6 aromatic heterocycles. The number of hydrogen-bond acceptors (Lipinski definition) is 5. The SMILES string of the molecule is c1cncc(-c2cnc3[nH]nc(-c4cc5c(-c6ccncc6)cncc5[nH]4)c3c2)c1. The van der Waals surface area contributed by atoms with Crippen molar-refractivity contribution < 1.29 is 0 Å². The van der Waals surface area contributed by atoms with E-state index in [0.717, 1.165) is 55.6 Å². The van der Waals surface area contributed by atoms with Gasteiger partial charge in [-0.15, -0.1) is 0 Å². The van der Waals surface area contributed by atoms with Gasteiger partial charge in [0.25, 0.3) is 0 Å². The minimum absolute atomic E-state index is 0.740. The van der Waals surface area contributed by atoms with Gasteiger partial charge in [-0.05, 0) is 35.9 Å². The predicted molar refractivity (Wildman–Crippen MR) is 115 cm³/mol. The van der Waals surface area contributed by atoms with E-state index in [0.29, 0.717) is 0 Å². The standard InChI is InChI=1S/C23H15N7/c1-2-15(10-25-5-1)16-8-18-22(29-30-23(18)27-11-16)20-9-17-19(12-26-13-21(17)28-20)14-3-6-24-7-4-14/h1-13,28H,(H,27,29,30). The van der Waals surface area contributed by atoms with Gasteiger partial charge in [-0.1, -0.05) is 6.07 Å². The van der Waals surface area contributed by atoms with Crippen molar-refractivity contribution in [3.05, 3.63) is 79.8 Å². The summed E-state index contributed by atoms with van der Waals surface area (Å²) in [5.74, 6) is 0. The lowest BCUT2D eigenvalue weighted by atomic mass is 10.0. The summed E-state index contributed by atoms with van der Waals surface area (Å²) in [5.41, 5.74) is 7.54. The molecule has 7 nitrogen and oxygen atoms in total. The zero-order valence-electron chi connectivity index (χ0n) is 15.7. The van der Waals surface area contributed by atoms with Gasteiger partial charge in [0, 0.05) is 64.6 Å². The van der Waals surface area contributed by atoms with Crippen molar-refractivity contribution in [2.75, 3.05) is 0 Å². The highest BCUT2D eigenvalue weighted by molar-refractivity contribution is 6.00. The number of nitrogens with zero attached hydrogens (tertiary/aromatic N) is 5. The molecule has 0 atom stereocenters. The number of aromatic nitrogens is 7. The molecule has 2 N–H and O–H groups in total. The molecular weight excluding hydrogens is 374 g/mol. The monoisotopic (exact) mass is 389 g/mol. The maximum Gasteiger partial charge on any atom is 0.155 e. The van der Waals surface area contributed by atoms with Crippen LogP contribution in [-0.2, 0) is 0 Å². The van der Waals surface area contributed by atoms with Crippen LogP contribution in [0.2, 0.25) is 0 Å². The maximum atomic E-state index is 4.54. The van der Waals surface area contributed by atoms with E-state index in [2.05, 4.69) is 47.2 Å². The highest BCUT2D eigenvalue weighted by atomic mass is 15.2. The molecule has 0 unspecified atom stereocenters. The van der Waals surface area contributed by atoms with Gasteiger partial charge in [0.05, 0.1) is 17.4 Å². The number of hydrogen-bond donors (Lipinski definition) is 2. The molecule has 0 bridgehead atoms. The Bertz CT molecular complexity index is 1480. The first-order valence-corrected chi connectivity index (χ1v) is 9.49. The normalized spacial score (nSPS) is 11.3. The third kappa shape index (κ3) is 2.64. The average molecular weight is 389 g/mol. The molecule has 0 saturated carbocycles. The van der Waals surface area contributed by atoms with E-state index < -0.39 is 0 Å². The molecule has 0 radical (unpaired) electrons. The second-order valence-electron chi connectivity index (χ2n) is 7.00. The van der Waals surface area contributed by atoms with E-state index in [1.165, 1.54) is 0 Å². The topological polar surface area (TPSA) is 96.0 Å². The summed E-state index contributed by atoms with van der Waals surface area (Å²) in [7, 11) is 0. The molecule has 0 aliphatic carbocycles. The largest absolute Gasteiger partial charge is 0.352 e. The molecule has 0 aliphatic heterocycles. The van der Waals surface area contributed by atoms with Gasteiger partial charge < -0.3 is 4.98 Å². The molecule has 0 spiro atoms. The molecule has 6 heterocycles. The Morgan fingerprint density at radius 2 is 1.63 bits per heavy atom. The number of nitrogens with one attached hydrogen (secondary N) is 2. The summed E-state index contributed by atoms with van der Waals surface area (Å²) in [6.07, 6.45) is 12.7. The summed E-state index contributed by atoms with van der Waals surface area (Å²) in [4.78, 5) is 20.7. The number of rotatable bonds is 3. The smallest absolute Gasteiger partial charge is 0.155 e. The lowest BCUT2D eigenvalue weighted by Crippen LogP contribution is -1.83. The summed E-state index contributed by atoms with van der Waals surface area (Å²) < 4.78 is 0. The second-order valence-corrected chi connectivity index (χ2v) is 7.00. The lowest BCUT2D eigenvalue weighted by molar-refractivity contribution is 1.10. The van der Waals surface area contributed by atoms with Crippen molar-refractivity contribution in [3.8, 4) is 33.6 Å². The molecule has 0 fully saturated rings. The Hall–Kier alpha value is -4.39. The van der Waals surface area contributed by atoms with Crippen molar-refractivity contribution in [1.29, 1.82) is 0 Å². The van der Waals surface area contributed by atoms with Crippen LogP contribution in [0.1, 0.15) is 0 Å². The molecule has 0 aliphatic rings. The fraction of sp³-hybridized carbons (Fsp3) is 0. The van der Waals surface area contributed by atoms with Crippen LogP contribution in [0.5, 0.6) is 0 Å². The third-order valence-corrected chi connectivity index (χ3v) is 5.20. The van der Waals surface area contributed by atoms with Gasteiger partial charge in [-0.25, -0.2) is 4.98 Å². The molecule has 7 heteroatoms. The Morgan fingerprint density at radius 1 is 0.700 bits per heavy atom. The fourth-order valence-corrected chi connectivity index (χ4v) is 3.74. The lowest BCUT2D eigenvalue weighted by Gasteiger charge is -2.01. The van der Waals surface area contributed by atoms with Crippen LogP contribution in [0.4, 0.5) is 0 Å². The molecule has 0 aromatic carbocycles. The van der Waals surface area contributed by atoms with Gasteiger partial charge >= 0.3 is 0 Å². The number of aromatic amines is 2. The number of pyridine rings is 4. The van der Waals surface area contributed by atoms with E-state index in [1.54, 1.807) is 18.6 Å². The summed E-state index contributed by atoms with van der Waals surface area (Å²) in [6, 6.07) is 12.1. The van der Waals surface area contributed by atoms with Gasteiger partial charge in [-0.3, -0.25) is 20.1 Å². The Kier molecular flexibility index (Phi) is 3.64. The Balaban J connectivity index is 1.52. The molecular formula is C23H15N7. The van der Waals surface area contributed by atoms with Crippen molar-refractivity contribution in [3.63, 3.8) is 0 Å². The minimum atomic E-state index is 0.740. The summed E-state index contributed by atoms with van der Waals surface area (Å²) in [6.45, 7) is 0. The first kappa shape index (κ1) is 16.6. The third-order valence-electron chi connectivity index (χ3n) is 5.20. The predicted octanol–water partition coefficient (Wildman–Crippen LogP) is 4.63. The molecule has 0 amide bonds.